The lowest BCUT2D eigenvalue weighted by Crippen LogP contribution is -2.03. The molecule has 0 N–H and O–H groups in total. The van der Waals surface area contributed by atoms with Crippen molar-refractivity contribution < 1.29 is 4.92 Å². The first-order chi connectivity index (χ1) is 7.58. The smallest absolute Gasteiger partial charge is 0.258 e. The van der Waals surface area contributed by atoms with Crippen LogP contribution in [0.1, 0.15) is 5.56 Å². The summed E-state index contributed by atoms with van der Waals surface area (Å²) in [6.07, 6.45) is 4.73. The van der Waals surface area contributed by atoms with Gasteiger partial charge >= 0.3 is 5.69 Å². The molecule has 2 aromatic heterocycles. The van der Waals surface area contributed by atoms with E-state index in [9.17, 15) is 10.1 Å². The van der Waals surface area contributed by atoms with Gasteiger partial charge in [0.1, 0.15) is 0 Å². The average molecular weight is 283 g/mol. The third kappa shape index (κ3) is 1.94. The van der Waals surface area contributed by atoms with Gasteiger partial charge < -0.3 is 0 Å². The molecule has 6 nitrogen and oxygen atoms in total. The predicted octanol–water partition coefficient (Wildman–Crippen LogP) is 2.25. The highest BCUT2D eigenvalue weighted by atomic mass is 79.9. The Bertz CT molecular complexity index is 552. The van der Waals surface area contributed by atoms with Gasteiger partial charge in [0.2, 0.25) is 5.82 Å². The largest absolute Gasteiger partial charge is 0.314 e. The van der Waals surface area contributed by atoms with Crippen molar-refractivity contribution >= 4 is 21.6 Å². The molecule has 0 spiro atoms. The summed E-state index contributed by atoms with van der Waals surface area (Å²) in [6, 6.07) is 1.47. The molecule has 0 aliphatic carbocycles. The molecule has 0 unspecified atom stereocenters. The van der Waals surface area contributed by atoms with Crippen molar-refractivity contribution in [2.24, 2.45) is 0 Å². The van der Waals surface area contributed by atoms with E-state index in [1.807, 2.05) is 0 Å². The van der Waals surface area contributed by atoms with Gasteiger partial charge in [-0.15, -0.1) is 0 Å². The van der Waals surface area contributed by atoms with Crippen molar-refractivity contribution in [1.82, 2.24) is 14.8 Å². The van der Waals surface area contributed by atoms with Crippen LogP contribution in [0.5, 0.6) is 0 Å². The number of nitro groups is 1. The molecular weight excluding hydrogens is 276 g/mol. The number of aromatic nitrogens is 3. The Kier molecular flexibility index (Phi) is 2.69. The highest BCUT2D eigenvalue weighted by Gasteiger charge is 2.17. The van der Waals surface area contributed by atoms with Crippen LogP contribution < -0.4 is 0 Å². The quantitative estimate of drug-likeness (QED) is 0.625. The Hall–Kier alpha value is -1.76. The summed E-state index contributed by atoms with van der Waals surface area (Å²) in [5.74, 6) is 0.210. The molecule has 0 bridgehead atoms. The fraction of sp³-hybridized carbons (Fsp3) is 0.111. The number of pyridine rings is 1. The van der Waals surface area contributed by atoms with Crippen LogP contribution in [0.4, 0.5) is 5.69 Å². The molecule has 0 amide bonds. The fourth-order valence-electron chi connectivity index (χ4n) is 1.27. The fourth-order valence-corrected chi connectivity index (χ4v) is 1.56. The molecule has 0 saturated heterocycles. The maximum Gasteiger partial charge on any atom is 0.314 e. The third-order valence-electron chi connectivity index (χ3n) is 1.95. The van der Waals surface area contributed by atoms with E-state index in [2.05, 4.69) is 26.0 Å². The standard InChI is InChI=1S/C9H7BrN4O2/c1-6-2-8(14(15)16)9(11-3-6)13-5-7(10)4-12-13/h2-5H,1H3. The number of rotatable bonds is 2. The Morgan fingerprint density at radius 3 is 2.81 bits per heavy atom. The molecule has 16 heavy (non-hydrogen) atoms. The van der Waals surface area contributed by atoms with Crippen LogP contribution in [-0.4, -0.2) is 19.7 Å². The zero-order valence-electron chi connectivity index (χ0n) is 8.29. The molecule has 2 aromatic rings. The van der Waals surface area contributed by atoms with Gasteiger partial charge in [-0.2, -0.15) is 5.10 Å². The Morgan fingerprint density at radius 1 is 1.50 bits per heavy atom. The van der Waals surface area contributed by atoms with E-state index in [0.29, 0.717) is 0 Å². The Balaban J connectivity index is 2.60. The van der Waals surface area contributed by atoms with Crippen molar-refractivity contribution in [1.29, 1.82) is 0 Å². The number of aryl methyl sites for hydroxylation is 1. The minimum Gasteiger partial charge on any atom is -0.258 e. The molecule has 0 saturated carbocycles. The summed E-state index contributed by atoms with van der Waals surface area (Å²) in [6.45, 7) is 1.75. The Morgan fingerprint density at radius 2 is 2.25 bits per heavy atom. The number of halogens is 1. The van der Waals surface area contributed by atoms with Gasteiger partial charge in [0, 0.05) is 18.5 Å². The van der Waals surface area contributed by atoms with Gasteiger partial charge in [0.25, 0.3) is 0 Å². The maximum atomic E-state index is 10.9. The number of nitrogens with zero attached hydrogens (tertiary/aromatic N) is 4. The molecule has 2 rings (SSSR count). The zero-order valence-corrected chi connectivity index (χ0v) is 9.88. The topological polar surface area (TPSA) is 73.8 Å². The lowest BCUT2D eigenvalue weighted by Gasteiger charge is -2.02. The normalized spacial score (nSPS) is 10.4. The maximum absolute atomic E-state index is 10.9. The molecular formula is C9H7BrN4O2. The summed E-state index contributed by atoms with van der Waals surface area (Å²) < 4.78 is 2.10. The molecule has 0 atom stereocenters. The van der Waals surface area contributed by atoms with Crippen LogP contribution in [0.3, 0.4) is 0 Å². The van der Waals surface area contributed by atoms with E-state index in [1.54, 1.807) is 25.5 Å². The molecule has 2 heterocycles. The van der Waals surface area contributed by atoms with Gasteiger partial charge in [-0.25, -0.2) is 9.67 Å². The Labute approximate surface area is 99.2 Å². The summed E-state index contributed by atoms with van der Waals surface area (Å²) in [5.41, 5.74) is 0.678. The first kappa shape index (κ1) is 10.7. The highest BCUT2D eigenvalue weighted by Crippen LogP contribution is 2.22. The molecule has 0 aromatic carbocycles. The molecule has 0 aliphatic rings. The van der Waals surface area contributed by atoms with Crippen molar-refractivity contribution in [2.75, 3.05) is 0 Å². The summed E-state index contributed by atoms with van der Waals surface area (Å²) in [5, 5.41) is 14.8. The van der Waals surface area contributed by atoms with E-state index >= 15 is 0 Å². The van der Waals surface area contributed by atoms with Crippen LogP contribution >= 0.6 is 15.9 Å². The second kappa shape index (κ2) is 4.01. The van der Waals surface area contributed by atoms with Crippen LogP contribution in [0, 0.1) is 17.0 Å². The van der Waals surface area contributed by atoms with Gasteiger partial charge in [-0.3, -0.25) is 10.1 Å². The first-order valence-corrected chi connectivity index (χ1v) is 5.19. The van der Waals surface area contributed by atoms with E-state index in [-0.39, 0.29) is 11.5 Å². The van der Waals surface area contributed by atoms with E-state index < -0.39 is 4.92 Å². The monoisotopic (exact) mass is 282 g/mol. The third-order valence-corrected chi connectivity index (χ3v) is 2.36. The van der Waals surface area contributed by atoms with Crippen LogP contribution in [0.2, 0.25) is 0 Å². The molecule has 0 radical (unpaired) electrons. The molecule has 7 heteroatoms. The van der Waals surface area contributed by atoms with Gasteiger partial charge in [0.15, 0.2) is 0 Å². The second-order valence-corrected chi connectivity index (χ2v) is 4.13. The minimum absolute atomic E-state index is 0.0596. The van der Waals surface area contributed by atoms with E-state index in [1.165, 1.54) is 10.7 Å². The highest BCUT2D eigenvalue weighted by molar-refractivity contribution is 9.10. The van der Waals surface area contributed by atoms with Gasteiger partial charge in [0.05, 0.1) is 15.6 Å². The van der Waals surface area contributed by atoms with Crippen LogP contribution in [0.15, 0.2) is 29.1 Å². The van der Waals surface area contributed by atoms with Crippen molar-refractivity contribution in [3.05, 3.63) is 44.8 Å². The number of hydrogen-bond donors (Lipinski definition) is 0. The second-order valence-electron chi connectivity index (χ2n) is 3.22. The predicted molar refractivity (Wildman–Crippen MR) is 60.5 cm³/mol. The van der Waals surface area contributed by atoms with Crippen molar-refractivity contribution in [3.8, 4) is 5.82 Å². The molecule has 0 aliphatic heterocycles. The summed E-state index contributed by atoms with van der Waals surface area (Å²) in [4.78, 5) is 14.4. The molecule has 0 fully saturated rings. The van der Waals surface area contributed by atoms with E-state index in [0.717, 1.165) is 10.0 Å². The summed E-state index contributed by atoms with van der Waals surface area (Å²) >= 11 is 3.22. The van der Waals surface area contributed by atoms with Crippen LogP contribution in [-0.2, 0) is 0 Å². The summed E-state index contributed by atoms with van der Waals surface area (Å²) in [7, 11) is 0. The zero-order chi connectivity index (χ0) is 11.7. The minimum atomic E-state index is -0.467. The van der Waals surface area contributed by atoms with E-state index in [4.69, 9.17) is 0 Å². The van der Waals surface area contributed by atoms with Crippen molar-refractivity contribution in [2.45, 2.75) is 6.92 Å². The lowest BCUT2D eigenvalue weighted by molar-refractivity contribution is -0.385. The van der Waals surface area contributed by atoms with Crippen molar-refractivity contribution in [3.63, 3.8) is 0 Å². The lowest BCUT2D eigenvalue weighted by atomic mass is 10.3. The number of hydrogen-bond acceptors (Lipinski definition) is 4. The molecule has 82 valence electrons. The van der Waals surface area contributed by atoms with Gasteiger partial charge in [-0.1, -0.05) is 0 Å². The average Bonchev–Trinajstić information content (AvgIpc) is 2.64. The first-order valence-electron chi connectivity index (χ1n) is 4.39. The SMILES string of the molecule is Cc1cnc(-n2cc(Br)cn2)c([N+](=O)[O-])c1. The van der Waals surface area contributed by atoms with Gasteiger partial charge in [-0.05, 0) is 28.4 Å². The van der Waals surface area contributed by atoms with Crippen LogP contribution in [0.25, 0.3) is 5.82 Å².